The predicted octanol–water partition coefficient (Wildman–Crippen LogP) is 1.77. The second kappa shape index (κ2) is 6.09. The third-order valence-corrected chi connectivity index (χ3v) is 4.75. The summed E-state index contributed by atoms with van der Waals surface area (Å²) in [5.41, 5.74) is 5.86. The van der Waals surface area contributed by atoms with Crippen molar-refractivity contribution in [3.63, 3.8) is 0 Å². The minimum atomic E-state index is -3.65. The second-order valence-electron chi connectivity index (χ2n) is 4.52. The summed E-state index contributed by atoms with van der Waals surface area (Å²) in [5, 5.41) is 0.337. The Bertz CT molecular complexity index is 542. The molecule has 0 amide bonds. The van der Waals surface area contributed by atoms with E-state index in [1.807, 2.05) is 0 Å². The molecule has 0 aromatic heterocycles. The highest BCUT2D eigenvalue weighted by Crippen LogP contribution is 2.22. The fraction of sp³-hybridized carbons (Fsp3) is 0.500. The first-order chi connectivity index (χ1) is 8.99. The normalized spacial score (nSPS) is 20.4. The molecule has 1 aliphatic rings. The first-order valence-corrected chi connectivity index (χ1v) is 8.01. The van der Waals surface area contributed by atoms with Crippen LogP contribution >= 0.6 is 11.6 Å². The zero-order valence-corrected chi connectivity index (χ0v) is 12.0. The maximum atomic E-state index is 12.1. The smallest absolute Gasteiger partial charge is 0.242 e. The topological polar surface area (TPSA) is 81.4 Å². The number of nitrogen functional groups attached to an aromatic ring is 1. The van der Waals surface area contributed by atoms with Gasteiger partial charge in [0, 0.05) is 18.2 Å². The Balaban J connectivity index is 2.07. The van der Waals surface area contributed by atoms with Gasteiger partial charge < -0.3 is 10.5 Å². The first-order valence-electron chi connectivity index (χ1n) is 6.15. The van der Waals surface area contributed by atoms with E-state index in [1.54, 1.807) is 6.07 Å². The van der Waals surface area contributed by atoms with Gasteiger partial charge >= 0.3 is 0 Å². The number of halogens is 1. The molecule has 2 rings (SSSR count). The van der Waals surface area contributed by atoms with Crippen LogP contribution in [0.4, 0.5) is 5.69 Å². The number of hydrogen-bond acceptors (Lipinski definition) is 4. The molecule has 1 heterocycles. The third kappa shape index (κ3) is 3.82. The molecule has 1 atom stereocenters. The Kier molecular flexibility index (Phi) is 4.67. The van der Waals surface area contributed by atoms with Gasteiger partial charge in [-0.2, -0.15) is 0 Å². The zero-order valence-electron chi connectivity index (χ0n) is 10.4. The summed E-state index contributed by atoms with van der Waals surface area (Å²) in [7, 11) is -3.65. The standard InChI is InChI=1S/C12H17ClN2O3S/c13-9-4-5-11(14)12(7-9)19(16,17)15-8-10-3-1-2-6-18-10/h4-5,7,10,15H,1-3,6,8,14H2. The fourth-order valence-electron chi connectivity index (χ4n) is 1.99. The van der Waals surface area contributed by atoms with Crippen LogP contribution in [0.1, 0.15) is 19.3 Å². The van der Waals surface area contributed by atoms with Gasteiger partial charge in [0.1, 0.15) is 4.90 Å². The number of hydrogen-bond donors (Lipinski definition) is 2. The van der Waals surface area contributed by atoms with Gasteiger partial charge in [-0.25, -0.2) is 13.1 Å². The van der Waals surface area contributed by atoms with Crippen molar-refractivity contribution in [2.75, 3.05) is 18.9 Å². The number of benzene rings is 1. The summed E-state index contributed by atoms with van der Waals surface area (Å²) in [6, 6.07) is 4.38. The number of nitrogens with two attached hydrogens (primary N) is 1. The molecular formula is C12H17ClN2O3S. The predicted molar refractivity (Wildman–Crippen MR) is 74.6 cm³/mol. The van der Waals surface area contributed by atoms with Gasteiger partial charge in [0.05, 0.1) is 11.8 Å². The summed E-state index contributed by atoms with van der Waals surface area (Å²) in [5.74, 6) is 0. The van der Waals surface area contributed by atoms with Crippen molar-refractivity contribution < 1.29 is 13.2 Å². The second-order valence-corrected chi connectivity index (χ2v) is 6.69. The van der Waals surface area contributed by atoms with E-state index in [-0.39, 0.29) is 23.2 Å². The molecule has 1 unspecified atom stereocenters. The van der Waals surface area contributed by atoms with Crippen LogP contribution < -0.4 is 10.5 Å². The maximum absolute atomic E-state index is 12.1. The van der Waals surface area contributed by atoms with Crippen LogP contribution in [0.15, 0.2) is 23.1 Å². The van der Waals surface area contributed by atoms with Gasteiger partial charge in [-0.05, 0) is 37.5 Å². The van der Waals surface area contributed by atoms with Crippen molar-refractivity contribution in [1.29, 1.82) is 0 Å². The molecule has 1 fully saturated rings. The minimum absolute atomic E-state index is 0.0100. The Morgan fingerprint density at radius 3 is 2.89 bits per heavy atom. The third-order valence-electron chi connectivity index (χ3n) is 3.04. The molecule has 7 heteroatoms. The minimum Gasteiger partial charge on any atom is -0.398 e. The Morgan fingerprint density at radius 1 is 1.42 bits per heavy atom. The number of nitrogens with one attached hydrogen (secondary N) is 1. The Morgan fingerprint density at radius 2 is 2.21 bits per heavy atom. The highest BCUT2D eigenvalue weighted by molar-refractivity contribution is 7.89. The molecule has 0 aliphatic carbocycles. The summed E-state index contributed by atoms with van der Waals surface area (Å²) >= 11 is 5.80. The van der Waals surface area contributed by atoms with E-state index < -0.39 is 10.0 Å². The van der Waals surface area contributed by atoms with E-state index in [2.05, 4.69) is 4.72 Å². The largest absolute Gasteiger partial charge is 0.398 e. The lowest BCUT2D eigenvalue weighted by molar-refractivity contribution is 0.0200. The molecule has 0 bridgehead atoms. The SMILES string of the molecule is Nc1ccc(Cl)cc1S(=O)(=O)NCC1CCCCO1. The van der Waals surface area contributed by atoms with Crippen LogP contribution in [0.3, 0.4) is 0 Å². The number of ether oxygens (including phenoxy) is 1. The summed E-state index contributed by atoms with van der Waals surface area (Å²) < 4.78 is 32.3. The molecule has 5 nitrogen and oxygen atoms in total. The molecule has 0 spiro atoms. The van der Waals surface area contributed by atoms with E-state index in [1.165, 1.54) is 12.1 Å². The van der Waals surface area contributed by atoms with Crippen molar-refractivity contribution in [3.05, 3.63) is 23.2 Å². The molecule has 1 saturated heterocycles. The maximum Gasteiger partial charge on any atom is 0.242 e. The van der Waals surface area contributed by atoms with Crippen molar-refractivity contribution >= 4 is 27.3 Å². The molecular weight excluding hydrogens is 288 g/mol. The fourth-order valence-corrected chi connectivity index (χ4v) is 3.45. The highest BCUT2D eigenvalue weighted by atomic mass is 35.5. The molecule has 0 radical (unpaired) electrons. The van der Waals surface area contributed by atoms with Gasteiger partial charge in [-0.3, -0.25) is 0 Å². The lowest BCUT2D eigenvalue weighted by Crippen LogP contribution is -2.35. The van der Waals surface area contributed by atoms with Gasteiger partial charge in [-0.15, -0.1) is 0 Å². The number of rotatable bonds is 4. The number of anilines is 1. The van der Waals surface area contributed by atoms with E-state index in [0.29, 0.717) is 11.6 Å². The van der Waals surface area contributed by atoms with Crippen LogP contribution in [-0.2, 0) is 14.8 Å². The van der Waals surface area contributed by atoms with Crippen molar-refractivity contribution in [1.82, 2.24) is 4.72 Å². The van der Waals surface area contributed by atoms with Crippen LogP contribution in [0, 0.1) is 0 Å². The monoisotopic (exact) mass is 304 g/mol. The van der Waals surface area contributed by atoms with Crippen molar-refractivity contribution in [2.24, 2.45) is 0 Å². The van der Waals surface area contributed by atoms with E-state index in [9.17, 15) is 8.42 Å². The zero-order chi connectivity index (χ0) is 13.9. The molecule has 1 aromatic carbocycles. The van der Waals surface area contributed by atoms with Crippen LogP contribution in [0.5, 0.6) is 0 Å². The number of sulfonamides is 1. The molecule has 106 valence electrons. The Labute approximate surface area is 118 Å². The van der Waals surface area contributed by atoms with Crippen molar-refractivity contribution in [3.8, 4) is 0 Å². The lowest BCUT2D eigenvalue weighted by atomic mass is 10.1. The van der Waals surface area contributed by atoms with Gasteiger partial charge in [-0.1, -0.05) is 11.6 Å². The van der Waals surface area contributed by atoms with Gasteiger partial charge in [0.25, 0.3) is 0 Å². The van der Waals surface area contributed by atoms with Crippen molar-refractivity contribution in [2.45, 2.75) is 30.3 Å². The summed E-state index contributed by atoms with van der Waals surface area (Å²) in [6.45, 7) is 0.944. The molecule has 19 heavy (non-hydrogen) atoms. The molecule has 1 aromatic rings. The summed E-state index contributed by atoms with van der Waals surface area (Å²) in [4.78, 5) is 0.0100. The first kappa shape index (κ1) is 14.6. The van der Waals surface area contributed by atoms with Gasteiger partial charge in [0.15, 0.2) is 0 Å². The molecule has 0 saturated carbocycles. The van der Waals surface area contributed by atoms with Crippen LogP contribution in [-0.4, -0.2) is 27.7 Å². The lowest BCUT2D eigenvalue weighted by Gasteiger charge is -2.22. The highest BCUT2D eigenvalue weighted by Gasteiger charge is 2.21. The molecule has 3 N–H and O–H groups in total. The average Bonchev–Trinajstić information content (AvgIpc) is 2.40. The van der Waals surface area contributed by atoms with E-state index in [0.717, 1.165) is 19.3 Å². The van der Waals surface area contributed by atoms with E-state index in [4.69, 9.17) is 22.1 Å². The van der Waals surface area contributed by atoms with Crippen LogP contribution in [0.25, 0.3) is 0 Å². The Hall–Kier alpha value is -0.820. The van der Waals surface area contributed by atoms with Crippen LogP contribution in [0.2, 0.25) is 5.02 Å². The average molecular weight is 305 g/mol. The van der Waals surface area contributed by atoms with E-state index >= 15 is 0 Å². The van der Waals surface area contributed by atoms with Gasteiger partial charge in [0.2, 0.25) is 10.0 Å². The quantitative estimate of drug-likeness (QED) is 0.831. The molecule has 1 aliphatic heterocycles. The summed E-state index contributed by atoms with van der Waals surface area (Å²) in [6.07, 6.45) is 2.90.